The van der Waals surface area contributed by atoms with Crippen LogP contribution in [0, 0.1) is 0 Å². The number of ether oxygens (including phenoxy) is 1. The van der Waals surface area contributed by atoms with Crippen LogP contribution in [0.4, 0.5) is 5.69 Å². The first-order chi connectivity index (χ1) is 14.9. The van der Waals surface area contributed by atoms with Gasteiger partial charge in [0, 0.05) is 17.6 Å². The Kier molecular flexibility index (Phi) is 6.23. The van der Waals surface area contributed by atoms with Crippen LogP contribution in [-0.2, 0) is 4.79 Å². The molecule has 0 unspecified atom stereocenters. The molecule has 10 heteroatoms. The number of aromatic nitrogens is 3. The number of nitrogens with zero attached hydrogens (tertiary/aromatic N) is 3. The van der Waals surface area contributed by atoms with Crippen molar-refractivity contribution < 1.29 is 14.2 Å². The summed E-state index contributed by atoms with van der Waals surface area (Å²) in [7, 11) is 1.59. The van der Waals surface area contributed by atoms with E-state index in [4.69, 9.17) is 9.84 Å². The fourth-order valence-corrected chi connectivity index (χ4v) is 5.87. The van der Waals surface area contributed by atoms with Gasteiger partial charge in [-0.15, -0.1) is 0 Å². The first kappa shape index (κ1) is 22.0. The monoisotopic (exact) mass is 565 g/mol. The van der Waals surface area contributed by atoms with Gasteiger partial charge in [0.15, 0.2) is 0 Å². The van der Waals surface area contributed by atoms with Crippen molar-refractivity contribution in [3.05, 3.63) is 61.3 Å². The van der Waals surface area contributed by atoms with Crippen molar-refractivity contribution in [3.8, 4) is 17.0 Å². The van der Waals surface area contributed by atoms with E-state index in [1.807, 2.05) is 43.3 Å². The first-order valence-electron chi connectivity index (χ1n) is 9.48. The summed E-state index contributed by atoms with van der Waals surface area (Å²) >= 11 is 8.53. The highest BCUT2D eigenvalue weighted by molar-refractivity contribution is 9.11. The van der Waals surface area contributed by atoms with Crippen LogP contribution in [0.5, 0.6) is 5.75 Å². The molecule has 0 aliphatic carbocycles. The van der Waals surface area contributed by atoms with Crippen molar-refractivity contribution in [1.82, 2.24) is 10.1 Å². The number of fused-ring (bicyclic) bond motifs is 3. The predicted molar refractivity (Wildman–Crippen MR) is 127 cm³/mol. The standard InChI is InChI=1S/C21H18Br2N4O3S/c1-4-31-21-24-19(29)17-13-7-5-6-8-16(13)26(11(2)28)20(27(17)25-21)12-9-14(22)18(30-3)15(23)10-12/h5-10,20H,4H2,1-3H3/p+1/t20-/m1/s1. The molecule has 7 nitrogen and oxygen atoms in total. The fraction of sp³-hybridized carbons (Fsp3) is 0.238. The Morgan fingerprint density at radius 2 is 1.97 bits per heavy atom. The van der Waals surface area contributed by atoms with E-state index in [0.717, 1.165) is 20.3 Å². The largest absolute Gasteiger partial charge is 0.494 e. The summed E-state index contributed by atoms with van der Waals surface area (Å²) in [6.07, 6.45) is -0.653. The lowest BCUT2D eigenvalue weighted by molar-refractivity contribution is -0.763. The summed E-state index contributed by atoms with van der Waals surface area (Å²) in [5.74, 6) is 1.23. The number of benzene rings is 2. The molecule has 0 bridgehead atoms. The second-order valence-electron chi connectivity index (χ2n) is 6.78. The Morgan fingerprint density at radius 1 is 1.29 bits per heavy atom. The van der Waals surface area contributed by atoms with Crippen LogP contribution in [-0.4, -0.2) is 28.9 Å². The van der Waals surface area contributed by atoms with Gasteiger partial charge in [-0.1, -0.05) is 30.8 Å². The average molecular weight is 567 g/mol. The molecule has 0 saturated heterocycles. The Bertz CT molecular complexity index is 1220. The molecule has 1 aliphatic rings. The molecule has 160 valence electrons. The molecule has 0 radical (unpaired) electrons. The van der Waals surface area contributed by atoms with Gasteiger partial charge in [-0.3, -0.25) is 14.6 Å². The molecular formula is C21H19Br2N4O3S+. The average Bonchev–Trinajstić information content (AvgIpc) is 2.72. The van der Waals surface area contributed by atoms with Crippen molar-refractivity contribution in [2.45, 2.75) is 25.2 Å². The number of para-hydroxylation sites is 1. The molecule has 4 rings (SSSR count). The topological polar surface area (TPSA) is 79.2 Å². The van der Waals surface area contributed by atoms with Gasteiger partial charge < -0.3 is 4.74 Å². The predicted octanol–water partition coefficient (Wildman–Crippen LogP) is 4.28. The second-order valence-corrected chi connectivity index (χ2v) is 9.74. The maximum Gasteiger partial charge on any atom is 0.325 e. The second kappa shape index (κ2) is 8.76. The molecule has 3 aromatic rings. The summed E-state index contributed by atoms with van der Waals surface area (Å²) < 4.78 is 8.51. The van der Waals surface area contributed by atoms with E-state index in [-0.39, 0.29) is 11.5 Å². The van der Waals surface area contributed by atoms with Crippen LogP contribution >= 0.6 is 43.6 Å². The number of hydrogen-bond acceptors (Lipinski definition) is 5. The number of halogens is 2. The molecule has 2 heterocycles. The van der Waals surface area contributed by atoms with Crippen LogP contribution in [0.2, 0.25) is 0 Å². The van der Waals surface area contributed by atoms with E-state index in [1.54, 1.807) is 16.7 Å². The Balaban J connectivity index is 2.07. The number of carbonyl (C=O) groups is 1. The van der Waals surface area contributed by atoms with Crippen LogP contribution in [0.25, 0.3) is 11.3 Å². The summed E-state index contributed by atoms with van der Waals surface area (Å²) in [5, 5.41) is 5.22. The number of anilines is 1. The minimum absolute atomic E-state index is 0.162. The third-order valence-corrected chi connectivity index (χ3v) is 6.83. The van der Waals surface area contributed by atoms with Gasteiger partial charge in [-0.2, -0.15) is 0 Å². The number of hydrogen-bond donors (Lipinski definition) is 1. The maximum atomic E-state index is 13.1. The quantitative estimate of drug-likeness (QED) is 0.376. The molecule has 1 aliphatic heterocycles. The molecule has 31 heavy (non-hydrogen) atoms. The summed E-state index contributed by atoms with van der Waals surface area (Å²) in [4.78, 5) is 30.6. The SMILES string of the molecule is CCSc1n[n+]2c(c(=O)[nH]1)-c1ccccc1N(C(C)=O)[C@H]2c1cc(Br)c(OC)c(Br)c1. The van der Waals surface area contributed by atoms with E-state index in [1.165, 1.54) is 18.7 Å². The van der Waals surface area contributed by atoms with Crippen LogP contribution in [0.15, 0.2) is 55.3 Å². The lowest BCUT2D eigenvalue weighted by atomic mass is 10.0. The van der Waals surface area contributed by atoms with Gasteiger partial charge in [-0.05, 0) is 66.6 Å². The molecule has 0 saturated carbocycles. The Morgan fingerprint density at radius 3 is 2.58 bits per heavy atom. The fourth-order valence-electron chi connectivity index (χ4n) is 3.74. The summed E-state index contributed by atoms with van der Waals surface area (Å²) in [6.45, 7) is 3.50. The Labute approximate surface area is 200 Å². The van der Waals surface area contributed by atoms with E-state index < -0.39 is 6.17 Å². The maximum absolute atomic E-state index is 13.1. The smallest absolute Gasteiger partial charge is 0.325 e. The van der Waals surface area contributed by atoms with Gasteiger partial charge in [0.25, 0.3) is 6.17 Å². The molecule has 1 atom stereocenters. The molecular weight excluding hydrogens is 548 g/mol. The number of amides is 1. The number of aromatic amines is 1. The van der Waals surface area contributed by atoms with Crippen LogP contribution in [0.3, 0.4) is 0 Å². The highest BCUT2D eigenvalue weighted by atomic mass is 79.9. The van der Waals surface area contributed by atoms with Crippen molar-refractivity contribution in [2.75, 3.05) is 17.8 Å². The van der Waals surface area contributed by atoms with Crippen LogP contribution < -0.4 is 19.9 Å². The lowest BCUT2D eigenvalue weighted by Gasteiger charge is -2.31. The number of rotatable bonds is 4. The molecule has 1 aromatic heterocycles. The van der Waals surface area contributed by atoms with Gasteiger partial charge in [-0.25, -0.2) is 4.90 Å². The van der Waals surface area contributed by atoms with Crippen molar-refractivity contribution in [2.24, 2.45) is 0 Å². The minimum atomic E-state index is -0.653. The van der Waals surface area contributed by atoms with Crippen LogP contribution in [0.1, 0.15) is 25.6 Å². The first-order valence-corrected chi connectivity index (χ1v) is 12.1. The molecule has 1 amide bonds. The highest BCUT2D eigenvalue weighted by Crippen LogP contribution is 2.41. The third-order valence-electron chi connectivity index (χ3n) is 4.90. The zero-order valence-corrected chi connectivity index (χ0v) is 21.0. The summed E-state index contributed by atoms with van der Waals surface area (Å²) in [5.41, 5.74) is 2.23. The molecule has 0 fully saturated rings. The number of thioether (sulfide) groups is 1. The third kappa shape index (κ3) is 3.81. The van der Waals surface area contributed by atoms with E-state index in [9.17, 15) is 9.59 Å². The molecule has 0 spiro atoms. The van der Waals surface area contributed by atoms with Gasteiger partial charge in [0.2, 0.25) is 11.1 Å². The molecule has 2 aromatic carbocycles. The number of methoxy groups -OCH3 is 1. The van der Waals surface area contributed by atoms with Gasteiger partial charge in [0.05, 0.1) is 27.3 Å². The van der Waals surface area contributed by atoms with Gasteiger partial charge >= 0.3 is 11.3 Å². The van der Waals surface area contributed by atoms with E-state index in [0.29, 0.717) is 27.9 Å². The Hall–Kier alpha value is -2.17. The number of H-pyrrole nitrogens is 1. The molecule has 1 N–H and O–H groups in total. The van der Waals surface area contributed by atoms with Gasteiger partial charge in [0.1, 0.15) is 5.75 Å². The normalized spacial score (nSPS) is 14.7. The lowest BCUT2D eigenvalue weighted by Crippen LogP contribution is -2.60. The number of carbonyl (C=O) groups excluding carboxylic acids is 1. The van der Waals surface area contributed by atoms with Crippen molar-refractivity contribution in [3.63, 3.8) is 0 Å². The number of nitrogens with one attached hydrogen (secondary N) is 1. The van der Waals surface area contributed by atoms with Crippen molar-refractivity contribution >= 4 is 55.2 Å². The minimum Gasteiger partial charge on any atom is -0.494 e. The van der Waals surface area contributed by atoms with E-state index >= 15 is 0 Å². The van der Waals surface area contributed by atoms with Crippen molar-refractivity contribution in [1.29, 1.82) is 0 Å². The summed E-state index contributed by atoms with van der Waals surface area (Å²) in [6, 6.07) is 11.1. The highest BCUT2D eigenvalue weighted by Gasteiger charge is 2.45. The van der Waals surface area contributed by atoms with E-state index in [2.05, 4.69) is 36.8 Å². The zero-order chi connectivity index (χ0) is 22.3. The zero-order valence-electron chi connectivity index (χ0n) is 17.0.